The van der Waals surface area contributed by atoms with Crippen LogP contribution in [0.2, 0.25) is 0 Å². The van der Waals surface area contributed by atoms with E-state index >= 15 is 0 Å². The lowest BCUT2D eigenvalue weighted by Gasteiger charge is -2.06. The van der Waals surface area contributed by atoms with Gasteiger partial charge in [0.2, 0.25) is 0 Å². The van der Waals surface area contributed by atoms with Gasteiger partial charge in [-0.2, -0.15) is 0 Å². The van der Waals surface area contributed by atoms with Crippen molar-refractivity contribution < 1.29 is 0 Å². The summed E-state index contributed by atoms with van der Waals surface area (Å²) < 4.78 is 0. The predicted octanol–water partition coefficient (Wildman–Crippen LogP) is 2.57. The highest BCUT2D eigenvalue weighted by Crippen LogP contribution is 1.97. The molecule has 1 heteroatoms. The number of rotatable bonds is 6. The minimum atomic E-state index is 0.625. The molecule has 0 saturated carbocycles. The van der Waals surface area contributed by atoms with Crippen molar-refractivity contribution in [2.45, 2.75) is 52.5 Å². The Morgan fingerprint density at radius 3 is 2.50 bits per heavy atom. The fraction of sp³-hybridized carbons (Fsp3) is 0.818. The van der Waals surface area contributed by atoms with Crippen LogP contribution in [0.1, 0.15) is 46.5 Å². The number of hydrogen-bond donors (Lipinski definition) is 1. The lowest BCUT2D eigenvalue weighted by Crippen LogP contribution is -2.23. The first kappa shape index (κ1) is 11.5. The highest BCUT2D eigenvalue weighted by Gasteiger charge is 1.91. The summed E-state index contributed by atoms with van der Waals surface area (Å²) >= 11 is 0. The van der Waals surface area contributed by atoms with Gasteiger partial charge in [-0.15, -0.1) is 11.8 Å². The SMILES string of the molecule is CC#CCCCCCNC(C)C. The second kappa shape index (κ2) is 8.62. The van der Waals surface area contributed by atoms with E-state index in [0.29, 0.717) is 6.04 Å². The normalized spacial score (nSPS) is 9.67. The standard InChI is InChI=1S/C11H21N/c1-4-5-6-7-8-9-10-12-11(2)3/h11-12H,6-10H2,1-3H3. The van der Waals surface area contributed by atoms with Gasteiger partial charge in [0.05, 0.1) is 0 Å². The fourth-order valence-corrected chi connectivity index (χ4v) is 1.03. The van der Waals surface area contributed by atoms with Crippen LogP contribution in [-0.4, -0.2) is 12.6 Å². The number of nitrogens with one attached hydrogen (secondary N) is 1. The highest BCUT2D eigenvalue weighted by molar-refractivity contribution is 4.94. The van der Waals surface area contributed by atoms with Gasteiger partial charge in [-0.25, -0.2) is 0 Å². The molecule has 1 N–H and O–H groups in total. The molecule has 70 valence electrons. The van der Waals surface area contributed by atoms with Crippen LogP contribution in [0, 0.1) is 11.8 Å². The molecule has 0 bridgehead atoms. The van der Waals surface area contributed by atoms with Crippen LogP contribution < -0.4 is 5.32 Å². The summed E-state index contributed by atoms with van der Waals surface area (Å²) in [6, 6.07) is 0.625. The molecule has 0 unspecified atom stereocenters. The molecule has 0 radical (unpaired) electrons. The van der Waals surface area contributed by atoms with Crippen LogP contribution in [0.5, 0.6) is 0 Å². The molecule has 0 amide bonds. The largest absolute Gasteiger partial charge is 0.315 e. The molecule has 0 spiro atoms. The Kier molecular flexibility index (Phi) is 8.27. The zero-order valence-corrected chi connectivity index (χ0v) is 8.61. The lowest BCUT2D eigenvalue weighted by atomic mass is 10.2. The first-order chi connectivity index (χ1) is 5.77. The van der Waals surface area contributed by atoms with E-state index in [9.17, 15) is 0 Å². The zero-order valence-electron chi connectivity index (χ0n) is 8.61. The molecular formula is C11H21N. The molecule has 0 heterocycles. The summed E-state index contributed by atoms with van der Waals surface area (Å²) in [7, 11) is 0. The summed E-state index contributed by atoms with van der Waals surface area (Å²) in [5.74, 6) is 5.99. The quantitative estimate of drug-likeness (QED) is 0.473. The topological polar surface area (TPSA) is 12.0 Å². The van der Waals surface area contributed by atoms with Crippen LogP contribution in [0.3, 0.4) is 0 Å². The molecule has 12 heavy (non-hydrogen) atoms. The Labute approximate surface area is 76.9 Å². The third-order valence-corrected chi connectivity index (χ3v) is 1.71. The average molecular weight is 167 g/mol. The van der Waals surface area contributed by atoms with E-state index in [-0.39, 0.29) is 0 Å². The van der Waals surface area contributed by atoms with E-state index in [2.05, 4.69) is 31.0 Å². The Morgan fingerprint density at radius 1 is 1.17 bits per heavy atom. The zero-order chi connectivity index (χ0) is 9.23. The Hall–Kier alpha value is -0.480. The van der Waals surface area contributed by atoms with Crippen LogP contribution in [0.15, 0.2) is 0 Å². The minimum Gasteiger partial charge on any atom is -0.315 e. The maximum absolute atomic E-state index is 3.40. The van der Waals surface area contributed by atoms with Crippen LogP contribution >= 0.6 is 0 Å². The molecule has 0 aliphatic rings. The predicted molar refractivity (Wildman–Crippen MR) is 55.1 cm³/mol. The van der Waals surface area contributed by atoms with Crippen molar-refractivity contribution in [3.05, 3.63) is 0 Å². The van der Waals surface area contributed by atoms with Crippen molar-refractivity contribution in [1.29, 1.82) is 0 Å². The third kappa shape index (κ3) is 9.52. The van der Waals surface area contributed by atoms with E-state index < -0.39 is 0 Å². The molecule has 0 fully saturated rings. The van der Waals surface area contributed by atoms with Gasteiger partial charge >= 0.3 is 0 Å². The van der Waals surface area contributed by atoms with Crippen molar-refractivity contribution in [2.75, 3.05) is 6.54 Å². The van der Waals surface area contributed by atoms with Gasteiger partial charge in [0.25, 0.3) is 0 Å². The van der Waals surface area contributed by atoms with Gasteiger partial charge in [-0.3, -0.25) is 0 Å². The van der Waals surface area contributed by atoms with Crippen LogP contribution in [0.4, 0.5) is 0 Å². The molecule has 0 saturated heterocycles. The first-order valence-corrected chi connectivity index (χ1v) is 4.90. The molecule has 0 aliphatic carbocycles. The van der Waals surface area contributed by atoms with E-state index in [1.807, 2.05) is 6.92 Å². The van der Waals surface area contributed by atoms with Crippen LogP contribution in [0.25, 0.3) is 0 Å². The lowest BCUT2D eigenvalue weighted by molar-refractivity contribution is 0.551. The molecule has 0 aromatic carbocycles. The molecular weight excluding hydrogens is 146 g/mol. The van der Waals surface area contributed by atoms with E-state index in [4.69, 9.17) is 0 Å². The monoisotopic (exact) mass is 167 g/mol. The summed E-state index contributed by atoms with van der Waals surface area (Å²) in [4.78, 5) is 0. The third-order valence-electron chi connectivity index (χ3n) is 1.71. The maximum atomic E-state index is 3.40. The van der Waals surface area contributed by atoms with E-state index in [0.717, 1.165) is 13.0 Å². The summed E-state index contributed by atoms with van der Waals surface area (Å²) in [5, 5.41) is 3.40. The summed E-state index contributed by atoms with van der Waals surface area (Å²) in [6.07, 6.45) is 4.90. The highest BCUT2D eigenvalue weighted by atomic mass is 14.9. The first-order valence-electron chi connectivity index (χ1n) is 4.90. The Morgan fingerprint density at radius 2 is 1.92 bits per heavy atom. The van der Waals surface area contributed by atoms with Gasteiger partial charge in [0.15, 0.2) is 0 Å². The van der Waals surface area contributed by atoms with Gasteiger partial charge in [0.1, 0.15) is 0 Å². The molecule has 1 nitrogen and oxygen atoms in total. The Balaban J connectivity index is 2.94. The van der Waals surface area contributed by atoms with E-state index in [1.54, 1.807) is 0 Å². The van der Waals surface area contributed by atoms with Crippen molar-refractivity contribution in [1.82, 2.24) is 5.32 Å². The molecule has 0 aliphatic heterocycles. The maximum Gasteiger partial charge on any atom is 0.00885 e. The Bertz CT molecular complexity index is 139. The minimum absolute atomic E-state index is 0.625. The van der Waals surface area contributed by atoms with Crippen LogP contribution in [-0.2, 0) is 0 Å². The van der Waals surface area contributed by atoms with Crippen molar-refractivity contribution in [2.24, 2.45) is 0 Å². The van der Waals surface area contributed by atoms with E-state index in [1.165, 1.54) is 19.3 Å². The van der Waals surface area contributed by atoms with Crippen molar-refractivity contribution >= 4 is 0 Å². The second-order valence-electron chi connectivity index (χ2n) is 3.35. The van der Waals surface area contributed by atoms with Gasteiger partial charge in [-0.05, 0) is 26.3 Å². The average Bonchev–Trinajstić information content (AvgIpc) is 2.02. The number of hydrogen-bond acceptors (Lipinski definition) is 1. The molecule has 0 atom stereocenters. The van der Waals surface area contributed by atoms with Gasteiger partial charge in [-0.1, -0.05) is 20.3 Å². The summed E-state index contributed by atoms with van der Waals surface area (Å²) in [5.41, 5.74) is 0. The van der Waals surface area contributed by atoms with Crippen molar-refractivity contribution in [3.8, 4) is 11.8 Å². The second-order valence-corrected chi connectivity index (χ2v) is 3.35. The molecule has 0 aromatic heterocycles. The fourth-order valence-electron chi connectivity index (χ4n) is 1.03. The molecule has 0 rings (SSSR count). The molecule has 0 aromatic rings. The van der Waals surface area contributed by atoms with Gasteiger partial charge in [0, 0.05) is 12.5 Å². The smallest absolute Gasteiger partial charge is 0.00885 e. The summed E-state index contributed by atoms with van der Waals surface area (Å²) in [6.45, 7) is 7.42. The number of unbranched alkanes of at least 4 members (excludes halogenated alkanes) is 3. The van der Waals surface area contributed by atoms with Gasteiger partial charge < -0.3 is 5.32 Å². The van der Waals surface area contributed by atoms with Crippen molar-refractivity contribution in [3.63, 3.8) is 0 Å².